The third-order valence-corrected chi connectivity index (χ3v) is 5.80. The van der Waals surface area contributed by atoms with E-state index in [-0.39, 0.29) is 22.5 Å². The predicted octanol–water partition coefficient (Wildman–Crippen LogP) is 3.38. The molecule has 2 bridgehead atoms. The average Bonchev–Trinajstić information content (AvgIpc) is 2.77. The molecule has 4 nitrogen and oxygen atoms in total. The Morgan fingerprint density at radius 1 is 1.29 bits per heavy atom. The van der Waals surface area contributed by atoms with E-state index in [4.69, 9.17) is 9.47 Å². The van der Waals surface area contributed by atoms with Crippen LogP contribution in [0.25, 0.3) is 0 Å². The molecule has 0 aliphatic heterocycles. The van der Waals surface area contributed by atoms with Crippen molar-refractivity contribution in [3.63, 3.8) is 0 Å². The summed E-state index contributed by atoms with van der Waals surface area (Å²) in [7, 11) is 0. The molecular weight excluding hydrogens is 268 g/mol. The Labute approximate surface area is 126 Å². The number of rotatable bonds is 4. The summed E-state index contributed by atoms with van der Waals surface area (Å²) in [5.74, 6) is -0.389. The van der Waals surface area contributed by atoms with Gasteiger partial charge in [0.1, 0.15) is 12.4 Å². The number of hydrogen-bond acceptors (Lipinski definition) is 4. The minimum atomic E-state index is -0.588. The number of fused-ring (bicyclic) bond motifs is 2. The van der Waals surface area contributed by atoms with Crippen molar-refractivity contribution in [1.82, 2.24) is 0 Å². The molecule has 0 heterocycles. The highest BCUT2D eigenvalue weighted by atomic mass is 16.6. The van der Waals surface area contributed by atoms with E-state index in [9.17, 15) is 9.59 Å². The van der Waals surface area contributed by atoms with Crippen molar-refractivity contribution in [2.24, 2.45) is 16.7 Å². The third-order valence-electron chi connectivity index (χ3n) is 5.80. The molecule has 2 rings (SSSR count). The van der Waals surface area contributed by atoms with Crippen LogP contribution in [0.5, 0.6) is 0 Å². The van der Waals surface area contributed by atoms with Crippen LogP contribution < -0.4 is 0 Å². The molecule has 0 aromatic rings. The van der Waals surface area contributed by atoms with Gasteiger partial charge in [-0.05, 0) is 37.5 Å². The second kappa shape index (κ2) is 5.32. The fourth-order valence-electron chi connectivity index (χ4n) is 3.77. The Balaban J connectivity index is 2.01. The summed E-state index contributed by atoms with van der Waals surface area (Å²) in [6.45, 7) is 11.6. The highest BCUT2D eigenvalue weighted by Crippen LogP contribution is 2.66. The maximum absolute atomic E-state index is 12.1. The van der Waals surface area contributed by atoms with Gasteiger partial charge in [0.2, 0.25) is 0 Å². The van der Waals surface area contributed by atoms with Crippen LogP contribution in [-0.4, -0.2) is 18.0 Å². The van der Waals surface area contributed by atoms with Gasteiger partial charge in [-0.3, -0.25) is 0 Å². The molecule has 0 N–H and O–H groups in total. The second-order valence-corrected chi connectivity index (χ2v) is 6.95. The molecule has 116 valence electrons. The number of carbonyl (C=O) groups excluding carboxylic acids is 2. The first-order chi connectivity index (χ1) is 9.72. The highest BCUT2D eigenvalue weighted by Gasteiger charge is 2.62. The van der Waals surface area contributed by atoms with Crippen LogP contribution in [0.2, 0.25) is 0 Å². The average molecular weight is 292 g/mol. The molecule has 0 aromatic carbocycles. The predicted molar refractivity (Wildman–Crippen MR) is 79.2 cm³/mol. The summed E-state index contributed by atoms with van der Waals surface area (Å²) in [6, 6.07) is 0. The van der Waals surface area contributed by atoms with Crippen molar-refractivity contribution < 1.29 is 19.1 Å². The molecule has 0 radical (unpaired) electrons. The van der Waals surface area contributed by atoms with Gasteiger partial charge in [-0.15, -0.1) is 0 Å². The number of carbonyl (C=O) groups is 2. The van der Waals surface area contributed by atoms with Gasteiger partial charge in [0.05, 0.1) is 5.57 Å². The third kappa shape index (κ3) is 2.52. The lowest BCUT2D eigenvalue weighted by Gasteiger charge is -2.38. The molecule has 0 aromatic heterocycles. The van der Waals surface area contributed by atoms with E-state index >= 15 is 0 Å². The molecule has 2 aliphatic rings. The van der Waals surface area contributed by atoms with Crippen LogP contribution in [0, 0.1) is 16.7 Å². The maximum Gasteiger partial charge on any atom is 0.337 e. The van der Waals surface area contributed by atoms with Gasteiger partial charge in [0, 0.05) is 11.5 Å². The van der Waals surface area contributed by atoms with Gasteiger partial charge in [-0.2, -0.15) is 0 Å². The Morgan fingerprint density at radius 3 is 2.43 bits per heavy atom. The van der Waals surface area contributed by atoms with E-state index < -0.39 is 11.9 Å². The van der Waals surface area contributed by atoms with Gasteiger partial charge in [-0.1, -0.05) is 27.4 Å². The molecule has 2 aliphatic carbocycles. The van der Waals surface area contributed by atoms with Crippen LogP contribution in [0.1, 0.15) is 47.0 Å². The van der Waals surface area contributed by atoms with Gasteiger partial charge < -0.3 is 9.47 Å². The fourth-order valence-corrected chi connectivity index (χ4v) is 3.77. The summed E-state index contributed by atoms with van der Waals surface area (Å²) in [5, 5.41) is 0. The molecular formula is C17H24O4. The molecule has 2 saturated carbocycles. The SMILES string of the molecule is C=CC(=O)O/C=C(\C)C(=O)OC1CC2CCC1(C)C2(C)C. The van der Waals surface area contributed by atoms with Crippen molar-refractivity contribution in [3.05, 3.63) is 24.5 Å². The molecule has 3 unspecified atom stereocenters. The molecule has 0 spiro atoms. The lowest BCUT2D eigenvalue weighted by Crippen LogP contribution is -2.38. The molecule has 0 saturated heterocycles. The van der Waals surface area contributed by atoms with E-state index in [1.165, 1.54) is 6.42 Å². The van der Waals surface area contributed by atoms with Gasteiger partial charge in [0.25, 0.3) is 0 Å². The first-order valence-corrected chi connectivity index (χ1v) is 7.43. The van der Waals surface area contributed by atoms with Crippen LogP contribution >= 0.6 is 0 Å². The molecule has 4 heteroatoms. The second-order valence-electron chi connectivity index (χ2n) is 6.95. The summed E-state index contributed by atoms with van der Waals surface area (Å²) < 4.78 is 10.4. The largest absolute Gasteiger partial charge is 0.458 e. The quantitative estimate of drug-likeness (QED) is 0.453. The van der Waals surface area contributed by atoms with Crippen molar-refractivity contribution in [2.75, 3.05) is 0 Å². The first-order valence-electron chi connectivity index (χ1n) is 7.43. The van der Waals surface area contributed by atoms with E-state index in [0.717, 1.165) is 25.2 Å². The zero-order chi connectivity index (χ0) is 15.8. The zero-order valence-corrected chi connectivity index (χ0v) is 13.3. The van der Waals surface area contributed by atoms with Crippen molar-refractivity contribution in [2.45, 2.75) is 53.1 Å². The lowest BCUT2D eigenvalue weighted by atomic mass is 9.70. The van der Waals surface area contributed by atoms with Crippen LogP contribution in [0.3, 0.4) is 0 Å². The van der Waals surface area contributed by atoms with Gasteiger partial charge in [0.15, 0.2) is 0 Å². The first kappa shape index (κ1) is 15.8. The minimum absolute atomic E-state index is 0.0331. The van der Waals surface area contributed by atoms with Crippen LogP contribution in [0.15, 0.2) is 24.5 Å². The van der Waals surface area contributed by atoms with E-state index in [0.29, 0.717) is 5.92 Å². The Kier molecular flexibility index (Phi) is 4.00. The normalized spacial score (nSPS) is 33.6. The van der Waals surface area contributed by atoms with Crippen LogP contribution in [-0.2, 0) is 19.1 Å². The van der Waals surface area contributed by atoms with E-state index in [1.807, 2.05) is 0 Å². The van der Waals surface area contributed by atoms with E-state index in [1.54, 1.807) is 6.92 Å². The van der Waals surface area contributed by atoms with Crippen molar-refractivity contribution in [1.29, 1.82) is 0 Å². The fraction of sp³-hybridized carbons (Fsp3) is 0.647. The highest BCUT2D eigenvalue weighted by molar-refractivity contribution is 5.88. The molecule has 3 atom stereocenters. The molecule has 2 fully saturated rings. The summed E-state index contributed by atoms with van der Waals surface area (Å²) in [6.07, 6.45) is 5.36. The minimum Gasteiger partial charge on any atom is -0.458 e. The number of ether oxygens (including phenoxy) is 2. The standard InChI is InChI=1S/C17H24O4/c1-6-14(18)20-10-11(2)15(19)21-13-9-12-7-8-17(13,5)16(12,3)4/h6,10,12-13H,1,7-9H2,2-5H3/b11-10+. The number of esters is 2. The topological polar surface area (TPSA) is 52.6 Å². The lowest BCUT2D eigenvalue weighted by molar-refractivity contribution is -0.152. The van der Waals surface area contributed by atoms with E-state index in [2.05, 4.69) is 27.4 Å². The monoisotopic (exact) mass is 292 g/mol. The van der Waals surface area contributed by atoms with Crippen molar-refractivity contribution in [3.8, 4) is 0 Å². The zero-order valence-electron chi connectivity index (χ0n) is 13.3. The van der Waals surface area contributed by atoms with Crippen LogP contribution in [0.4, 0.5) is 0 Å². The summed E-state index contributed by atoms with van der Waals surface area (Å²) in [5.41, 5.74) is 0.519. The maximum atomic E-state index is 12.1. The Morgan fingerprint density at radius 2 is 1.95 bits per heavy atom. The summed E-state index contributed by atoms with van der Waals surface area (Å²) in [4.78, 5) is 23.1. The smallest absolute Gasteiger partial charge is 0.337 e. The Bertz CT molecular complexity index is 503. The number of hydrogen-bond donors (Lipinski definition) is 0. The van der Waals surface area contributed by atoms with Gasteiger partial charge >= 0.3 is 11.9 Å². The summed E-state index contributed by atoms with van der Waals surface area (Å²) >= 11 is 0. The molecule has 21 heavy (non-hydrogen) atoms. The Hall–Kier alpha value is -1.58. The molecule has 0 amide bonds. The van der Waals surface area contributed by atoms with Crippen molar-refractivity contribution >= 4 is 11.9 Å². The van der Waals surface area contributed by atoms with Gasteiger partial charge in [-0.25, -0.2) is 9.59 Å².